The molecule has 0 aromatic heterocycles. The highest BCUT2D eigenvalue weighted by atomic mass is 14.5. The average molecular weight is 327 g/mol. The van der Waals surface area contributed by atoms with E-state index in [0.717, 1.165) is 23.7 Å². The highest BCUT2D eigenvalue weighted by Gasteiger charge is 2.50. The molecule has 0 saturated heterocycles. The van der Waals surface area contributed by atoms with Crippen LogP contribution in [0.1, 0.15) is 85.5 Å². The summed E-state index contributed by atoms with van der Waals surface area (Å²) in [6.07, 6.45) is 22.4. The second kappa shape index (κ2) is 7.63. The largest absolute Gasteiger partial charge is 0.0914 e. The van der Waals surface area contributed by atoms with Crippen molar-refractivity contribution in [2.24, 2.45) is 29.1 Å². The zero-order valence-corrected chi connectivity index (χ0v) is 16.5. The van der Waals surface area contributed by atoms with E-state index < -0.39 is 0 Å². The lowest BCUT2D eigenvalue weighted by Crippen LogP contribution is -2.35. The SMILES string of the molecule is C/C=C/C(C)C1CCC2/C(=C/C=C3/CCC[C@H](C)C3)CCCC21C. The molecular formula is C24H38. The Labute approximate surface area is 150 Å². The molecule has 4 unspecified atom stereocenters. The van der Waals surface area contributed by atoms with Crippen LogP contribution in [0.15, 0.2) is 35.5 Å². The fourth-order valence-electron chi connectivity index (χ4n) is 6.29. The molecule has 0 nitrogen and oxygen atoms in total. The zero-order valence-electron chi connectivity index (χ0n) is 16.5. The second-order valence-corrected chi connectivity index (χ2v) is 9.25. The number of fused-ring (bicyclic) bond motifs is 1. The van der Waals surface area contributed by atoms with Crippen molar-refractivity contribution in [2.45, 2.75) is 85.5 Å². The number of hydrogen-bond acceptors (Lipinski definition) is 0. The molecule has 3 rings (SSSR count). The van der Waals surface area contributed by atoms with Gasteiger partial charge >= 0.3 is 0 Å². The molecule has 24 heavy (non-hydrogen) atoms. The number of hydrogen-bond donors (Lipinski definition) is 0. The lowest BCUT2D eigenvalue weighted by Gasteiger charge is -2.44. The third-order valence-corrected chi connectivity index (χ3v) is 7.51. The quantitative estimate of drug-likeness (QED) is 0.472. The molecule has 3 fully saturated rings. The maximum absolute atomic E-state index is 2.61. The number of rotatable bonds is 3. The maximum Gasteiger partial charge on any atom is -0.0143 e. The van der Waals surface area contributed by atoms with Crippen LogP contribution in [-0.2, 0) is 0 Å². The molecule has 5 atom stereocenters. The highest BCUT2D eigenvalue weighted by molar-refractivity contribution is 5.26. The summed E-state index contributed by atoms with van der Waals surface area (Å²) >= 11 is 0. The second-order valence-electron chi connectivity index (χ2n) is 9.25. The minimum Gasteiger partial charge on any atom is -0.0914 e. The van der Waals surface area contributed by atoms with E-state index >= 15 is 0 Å². The van der Waals surface area contributed by atoms with E-state index in [1.807, 2.05) is 0 Å². The Morgan fingerprint density at radius 1 is 1.08 bits per heavy atom. The van der Waals surface area contributed by atoms with Crippen molar-refractivity contribution in [3.8, 4) is 0 Å². The van der Waals surface area contributed by atoms with E-state index in [0.29, 0.717) is 5.41 Å². The van der Waals surface area contributed by atoms with Crippen molar-refractivity contribution < 1.29 is 0 Å². The molecular weight excluding hydrogens is 288 g/mol. The van der Waals surface area contributed by atoms with E-state index in [2.05, 4.69) is 52.0 Å². The topological polar surface area (TPSA) is 0 Å². The lowest BCUT2D eigenvalue weighted by molar-refractivity contribution is 0.112. The van der Waals surface area contributed by atoms with E-state index in [-0.39, 0.29) is 0 Å². The predicted molar refractivity (Wildman–Crippen MR) is 106 cm³/mol. The van der Waals surface area contributed by atoms with Gasteiger partial charge in [0.15, 0.2) is 0 Å². The Balaban J connectivity index is 1.77. The van der Waals surface area contributed by atoms with Crippen LogP contribution >= 0.6 is 0 Å². The molecule has 0 heterocycles. The summed E-state index contributed by atoms with van der Waals surface area (Å²) in [7, 11) is 0. The van der Waals surface area contributed by atoms with E-state index in [1.54, 1.807) is 11.1 Å². The maximum atomic E-state index is 2.61. The van der Waals surface area contributed by atoms with Gasteiger partial charge in [-0.2, -0.15) is 0 Å². The molecule has 3 aliphatic rings. The van der Waals surface area contributed by atoms with Crippen LogP contribution in [0.25, 0.3) is 0 Å². The smallest absolute Gasteiger partial charge is 0.0143 e. The van der Waals surface area contributed by atoms with Gasteiger partial charge in [-0.15, -0.1) is 0 Å². The Hall–Kier alpha value is -0.780. The molecule has 0 N–H and O–H groups in total. The first-order valence-electron chi connectivity index (χ1n) is 10.6. The predicted octanol–water partition coefficient (Wildman–Crippen LogP) is 7.48. The van der Waals surface area contributed by atoms with Crippen molar-refractivity contribution in [2.75, 3.05) is 0 Å². The monoisotopic (exact) mass is 326 g/mol. The fraction of sp³-hybridized carbons (Fsp3) is 0.750. The van der Waals surface area contributed by atoms with Gasteiger partial charge in [0, 0.05) is 0 Å². The van der Waals surface area contributed by atoms with E-state index in [1.165, 1.54) is 57.8 Å². The molecule has 0 aliphatic heterocycles. The van der Waals surface area contributed by atoms with Crippen LogP contribution in [-0.4, -0.2) is 0 Å². The highest BCUT2D eigenvalue weighted by Crippen LogP contribution is 2.59. The Morgan fingerprint density at radius 2 is 1.92 bits per heavy atom. The normalized spacial score (nSPS) is 41.9. The van der Waals surface area contributed by atoms with Crippen molar-refractivity contribution in [3.05, 3.63) is 35.5 Å². The third kappa shape index (κ3) is 3.58. The summed E-state index contributed by atoms with van der Waals surface area (Å²) in [5, 5.41) is 0. The first kappa shape index (κ1) is 18.0. The molecule has 0 amide bonds. The van der Waals surface area contributed by atoms with Crippen LogP contribution in [0.4, 0.5) is 0 Å². The standard InChI is InChI=1S/C24H38/c1-5-8-19(3)22-14-15-23-21(11-7-16-24(22,23)4)13-12-20-10-6-9-18(2)17-20/h5,8,12-13,18-19,22-23H,6-7,9-11,14-17H2,1-4H3/b8-5+,20-12-,21-13+/t18-,19?,22?,23?,24?/m0/s1. The summed E-state index contributed by atoms with van der Waals surface area (Å²) < 4.78 is 0. The van der Waals surface area contributed by atoms with Gasteiger partial charge in [-0.3, -0.25) is 0 Å². The first-order chi connectivity index (χ1) is 11.5. The van der Waals surface area contributed by atoms with Crippen molar-refractivity contribution in [1.29, 1.82) is 0 Å². The minimum atomic E-state index is 0.543. The summed E-state index contributed by atoms with van der Waals surface area (Å²) in [4.78, 5) is 0. The molecule has 3 aliphatic carbocycles. The number of allylic oxidation sites excluding steroid dienone is 6. The van der Waals surface area contributed by atoms with Gasteiger partial charge in [0.2, 0.25) is 0 Å². The summed E-state index contributed by atoms with van der Waals surface area (Å²) in [5.74, 6) is 3.37. The van der Waals surface area contributed by atoms with E-state index in [9.17, 15) is 0 Å². The van der Waals surface area contributed by atoms with Crippen molar-refractivity contribution >= 4 is 0 Å². The Bertz CT molecular complexity index is 520. The van der Waals surface area contributed by atoms with Crippen LogP contribution in [0.5, 0.6) is 0 Å². The summed E-state index contributed by atoms with van der Waals surface area (Å²) in [6.45, 7) is 9.65. The summed E-state index contributed by atoms with van der Waals surface area (Å²) in [5.41, 5.74) is 4.04. The molecule has 0 bridgehead atoms. The van der Waals surface area contributed by atoms with Gasteiger partial charge < -0.3 is 0 Å². The van der Waals surface area contributed by atoms with Crippen molar-refractivity contribution in [1.82, 2.24) is 0 Å². The molecule has 3 saturated carbocycles. The minimum absolute atomic E-state index is 0.543. The van der Waals surface area contributed by atoms with Crippen LogP contribution in [0.3, 0.4) is 0 Å². The molecule has 0 radical (unpaired) electrons. The van der Waals surface area contributed by atoms with Gasteiger partial charge in [0.25, 0.3) is 0 Å². The van der Waals surface area contributed by atoms with Crippen LogP contribution in [0.2, 0.25) is 0 Å². The summed E-state index contributed by atoms with van der Waals surface area (Å²) in [6, 6.07) is 0. The van der Waals surface area contributed by atoms with Gasteiger partial charge in [-0.25, -0.2) is 0 Å². The average Bonchev–Trinajstić information content (AvgIpc) is 2.91. The lowest BCUT2D eigenvalue weighted by atomic mass is 9.61. The van der Waals surface area contributed by atoms with Gasteiger partial charge in [0.05, 0.1) is 0 Å². The third-order valence-electron chi connectivity index (χ3n) is 7.51. The van der Waals surface area contributed by atoms with Gasteiger partial charge in [-0.05, 0) is 87.4 Å². The molecule has 0 spiro atoms. The Kier molecular flexibility index (Phi) is 5.73. The van der Waals surface area contributed by atoms with Gasteiger partial charge in [-0.1, -0.05) is 62.6 Å². The fourth-order valence-corrected chi connectivity index (χ4v) is 6.29. The van der Waals surface area contributed by atoms with Crippen LogP contribution < -0.4 is 0 Å². The zero-order chi connectivity index (χ0) is 17.2. The first-order valence-corrected chi connectivity index (χ1v) is 10.6. The van der Waals surface area contributed by atoms with E-state index in [4.69, 9.17) is 0 Å². The van der Waals surface area contributed by atoms with Gasteiger partial charge in [0.1, 0.15) is 0 Å². The van der Waals surface area contributed by atoms with Crippen molar-refractivity contribution in [3.63, 3.8) is 0 Å². The Morgan fingerprint density at radius 3 is 2.67 bits per heavy atom. The van der Waals surface area contributed by atoms with Crippen LogP contribution in [0, 0.1) is 29.1 Å². The molecule has 0 heteroatoms. The molecule has 0 aromatic rings. The molecule has 0 aromatic carbocycles. The molecule has 134 valence electrons.